The number of hydrogen-bond acceptors (Lipinski definition) is 2. The Balaban J connectivity index is 1.79. The maximum atomic E-state index is 11.2. The fourth-order valence-corrected chi connectivity index (χ4v) is 1.41. The van der Waals surface area contributed by atoms with Crippen LogP contribution < -0.4 is 0 Å². The normalized spacial score (nSPS) is 15.3. The molecule has 0 heterocycles. The quantitative estimate of drug-likeness (QED) is 0.432. The summed E-state index contributed by atoms with van der Waals surface area (Å²) in [4.78, 5) is 11.2. The second-order valence-electron chi connectivity index (χ2n) is 4.53. The molecule has 0 bridgehead atoms. The third-order valence-electron chi connectivity index (χ3n) is 2.72. The van der Waals surface area contributed by atoms with Crippen LogP contribution in [0.1, 0.15) is 45.4 Å². The lowest BCUT2D eigenvalue weighted by molar-refractivity contribution is -0.115. The second kappa shape index (κ2) is 6.78. The van der Waals surface area contributed by atoms with E-state index in [0.29, 0.717) is 12.0 Å². The van der Waals surface area contributed by atoms with Crippen molar-refractivity contribution in [2.24, 2.45) is 5.92 Å². The van der Waals surface area contributed by atoms with E-state index in [1.807, 2.05) is 0 Å². The zero-order valence-corrected chi connectivity index (χ0v) is 9.76. The number of rotatable bonds is 9. The first-order valence-electron chi connectivity index (χ1n) is 5.96. The van der Waals surface area contributed by atoms with Gasteiger partial charge in [0.1, 0.15) is 0 Å². The van der Waals surface area contributed by atoms with Crippen LogP contribution in [0.2, 0.25) is 0 Å². The summed E-state index contributed by atoms with van der Waals surface area (Å²) in [5.74, 6) is 1.06. The molecule has 0 saturated heterocycles. The lowest BCUT2D eigenvalue weighted by Crippen LogP contribution is -2.00. The summed E-state index contributed by atoms with van der Waals surface area (Å²) >= 11 is 0. The fraction of sp³-hybridized carbons (Fsp3) is 0.769. The van der Waals surface area contributed by atoms with Crippen LogP contribution in [0.15, 0.2) is 12.2 Å². The number of allylic oxidation sites excluding steroid dienone is 1. The summed E-state index contributed by atoms with van der Waals surface area (Å²) < 4.78 is 5.51. The summed E-state index contributed by atoms with van der Waals surface area (Å²) in [6.45, 7) is 7.22. The number of unbranched alkanes of at least 4 members (excludes halogenated alkanes) is 2. The molecule has 15 heavy (non-hydrogen) atoms. The van der Waals surface area contributed by atoms with Crippen LogP contribution in [0, 0.1) is 5.92 Å². The van der Waals surface area contributed by atoms with Crippen LogP contribution in [0.3, 0.4) is 0 Å². The summed E-state index contributed by atoms with van der Waals surface area (Å²) in [5, 5.41) is 0. The minimum Gasteiger partial charge on any atom is -0.381 e. The third kappa shape index (κ3) is 6.45. The minimum absolute atomic E-state index is 0.203. The van der Waals surface area contributed by atoms with E-state index in [4.69, 9.17) is 4.74 Å². The van der Waals surface area contributed by atoms with Gasteiger partial charge in [-0.25, -0.2) is 0 Å². The standard InChI is InChI=1S/C13H22O2/c1-11(2)13(14)6-4-3-5-9-15-10-12-7-8-12/h12H,1,3-10H2,2H3. The van der Waals surface area contributed by atoms with Crippen LogP contribution in [0.4, 0.5) is 0 Å². The molecule has 0 aliphatic heterocycles. The van der Waals surface area contributed by atoms with Crippen molar-refractivity contribution in [3.8, 4) is 0 Å². The molecule has 2 nitrogen and oxygen atoms in total. The summed E-state index contributed by atoms with van der Waals surface area (Å²) in [5.41, 5.74) is 0.681. The molecule has 0 aromatic heterocycles. The zero-order chi connectivity index (χ0) is 11.1. The molecule has 0 N–H and O–H groups in total. The van der Waals surface area contributed by atoms with Gasteiger partial charge in [-0.05, 0) is 44.1 Å². The number of Topliss-reactive ketones (excluding diaryl/α,β-unsaturated/α-hetero) is 1. The zero-order valence-electron chi connectivity index (χ0n) is 9.76. The van der Waals surface area contributed by atoms with Gasteiger partial charge in [0.15, 0.2) is 5.78 Å². The largest absolute Gasteiger partial charge is 0.381 e. The lowest BCUT2D eigenvalue weighted by atomic mass is 10.1. The van der Waals surface area contributed by atoms with Gasteiger partial charge in [0.2, 0.25) is 0 Å². The molecular weight excluding hydrogens is 188 g/mol. The Labute approximate surface area is 92.7 Å². The Morgan fingerprint density at radius 3 is 2.67 bits per heavy atom. The molecule has 0 aromatic carbocycles. The van der Waals surface area contributed by atoms with Crippen molar-refractivity contribution in [2.45, 2.75) is 45.4 Å². The van der Waals surface area contributed by atoms with Gasteiger partial charge in [0.05, 0.1) is 0 Å². The molecule has 0 atom stereocenters. The maximum Gasteiger partial charge on any atom is 0.157 e. The smallest absolute Gasteiger partial charge is 0.157 e. The van der Waals surface area contributed by atoms with Gasteiger partial charge in [-0.15, -0.1) is 0 Å². The minimum atomic E-state index is 0.203. The van der Waals surface area contributed by atoms with E-state index in [9.17, 15) is 4.79 Å². The number of ketones is 1. The number of ether oxygens (including phenoxy) is 1. The van der Waals surface area contributed by atoms with Gasteiger partial charge < -0.3 is 4.74 Å². The first-order chi connectivity index (χ1) is 7.20. The average molecular weight is 210 g/mol. The van der Waals surface area contributed by atoms with E-state index >= 15 is 0 Å². The van der Waals surface area contributed by atoms with Gasteiger partial charge in [0.25, 0.3) is 0 Å². The summed E-state index contributed by atoms with van der Waals surface area (Å²) in [6.07, 6.45) is 6.50. The van der Waals surface area contributed by atoms with Crippen molar-refractivity contribution in [2.75, 3.05) is 13.2 Å². The Morgan fingerprint density at radius 1 is 1.33 bits per heavy atom. The predicted molar refractivity (Wildman–Crippen MR) is 61.8 cm³/mol. The van der Waals surface area contributed by atoms with E-state index in [2.05, 4.69) is 6.58 Å². The van der Waals surface area contributed by atoms with Crippen molar-refractivity contribution >= 4 is 5.78 Å². The molecule has 1 fully saturated rings. The maximum absolute atomic E-state index is 11.2. The second-order valence-corrected chi connectivity index (χ2v) is 4.53. The molecule has 0 amide bonds. The molecule has 86 valence electrons. The Kier molecular flexibility index (Phi) is 5.62. The van der Waals surface area contributed by atoms with E-state index < -0.39 is 0 Å². The van der Waals surface area contributed by atoms with Crippen LogP contribution in [-0.4, -0.2) is 19.0 Å². The number of hydrogen-bond donors (Lipinski definition) is 0. The molecule has 0 spiro atoms. The molecule has 1 aliphatic rings. The SMILES string of the molecule is C=C(C)C(=O)CCCCCOCC1CC1. The average Bonchev–Trinajstić information content (AvgIpc) is 2.99. The monoisotopic (exact) mass is 210 g/mol. The van der Waals surface area contributed by atoms with E-state index in [1.54, 1.807) is 6.92 Å². The van der Waals surface area contributed by atoms with Crippen molar-refractivity contribution in [3.63, 3.8) is 0 Å². The number of carbonyl (C=O) groups is 1. The van der Waals surface area contributed by atoms with Crippen molar-refractivity contribution < 1.29 is 9.53 Å². The highest BCUT2D eigenvalue weighted by molar-refractivity contribution is 5.93. The van der Waals surface area contributed by atoms with Gasteiger partial charge in [-0.3, -0.25) is 4.79 Å². The van der Waals surface area contributed by atoms with Crippen LogP contribution in [0.5, 0.6) is 0 Å². The summed E-state index contributed by atoms with van der Waals surface area (Å²) in [7, 11) is 0. The first kappa shape index (κ1) is 12.4. The van der Waals surface area contributed by atoms with E-state index in [0.717, 1.165) is 38.4 Å². The van der Waals surface area contributed by atoms with Crippen molar-refractivity contribution in [1.82, 2.24) is 0 Å². The molecule has 1 saturated carbocycles. The third-order valence-corrected chi connectivity index (χ3v) is 2.72. The molecule has 2 heteroatoms. The van der Waals surface area contributed by atoms with Crippen molar-refractivity contribution in [3.05, 3.63) is 12.2 Å². The van der Waals surface area contributed by atoms with E-state index in [-0.39, 0.29) is 5.78 Å². The molecular formula is C13H22O2. The van der Waals surface area contributed by atoms with Gasteiger partial charge >= 0.3 is 0 Å². The molecule has 0 unspecified atom stereocenters. The Morgan fingerprint density at radius 2 is 2.07 bits per heavy atom. The summed E-state index contributed by atoms with van der Waals surface area (Å²) in [6, 6.07) is 0. The Hall–Kier alpha value is -0.630. The van der Waals surface area contributed by atoms with Crippen molar-refractivity contribution in [1.29, 1.82) is 0 Å². The number of carbonyl (C=O) groups excluding carboxylic acids is 1. The highest BCUT2D eigenvalue weighted by Crippen LogP contribution is 2.28. The highest BCUT2D eigenvalue weighted by atomic mass is 16.5. The van der Waals surface area contributed by atoms with Gasteiger partial charge in [0, 0.05) is 19.6 Å². The predicted octanol–water partition coefficient (Wildman–Crippen LogP) is 3.12. The molecule has 1 rings (SSSR count). The van der Waals surface area contributed by atoms with Crippen LogP contribution >= 0.6 is 0 Å². The van der Waals surface area contributed by atoms with Gasteiger partial charge in [-0.2, -0.15) is 0 Å². The van der Waals surface area contributed by atoms with Crippen LogP contribution in [-0.2, 0) is 9.53 Å². The lowest BCUT2D eigenvalue weighted by Gasteiger charge is -2.03. The topological polar surface area (TPSA) is 26.3 Å². The molecule has 0 radical (unpaired) electrons. The molecule has 1 aliphatic carbocycles. The first-order valence-corrected chi connectivity index (χ1v) is 5.96. The molecule has 0 aromatic rings. The fourth-order valence-electron chi connectivity index (χ4n) is 1.41. The Bertz CT molecular complexity index is 217. The van der Waals surface area contributed by atoms with Crippen LogP contribution in [0.25, 0.3) is 0 Å². The van der Waals surface area contributed by atoms with Gasteiger partial charge in [-0.1, -0.05) is 13.0 Å². The van der Waals surface area contributed by atoms with E-state index in [1.165, 1.54) is 12.8 Å². The highest BCUT2D eigenvalue weighted by Gasteiger charge is 2.20.